The van der Waals surface area contributed by atoms with Crippen LogP contribution in [0.3, 0.4) is 0 Å². The van der Waals surface area contributed by atoms with E-state index in [0.29, 0.717) is 12.3 Å². The third-order valence-electron chi connectivity index (χ3n) is 4.31. The van der Waals surface area contributed by atoms with E-state index in [-0.39, 0.29) is 11.8 Å². The number of carbonyl (C=O) groups excluding carboxylic acids is 2. The first-order valence-corrected chi connectivity index (χ1v) is 7.37. The average Bonchev–Trinajstić information content (AvgIpc) is 2.46. The molecular weight excluding hydrogens is 242 g/mol. The van der Waals surface area contributed by atoms with Gasteiger partial charge in [-0.2, -0.15) is 0 Å². The predicted molar refractivity (Wildman–Crippen MR) is 73.7 cm³/mol. The number of nitrogens with zero attached hydrogens (tertiary/aromatic N) is 3. The molecule has 0 atom stereocenters. The minimum absolute atomic E-state index is 0.129. The molecule has 0 N–H and O–H groups in total. The Morgan fingerprint density at radius 1 is 0.947 bits per heavy atom. The first-order valence-electron chi connectivity index (χ1n) is 7.37. The van der Waals surface area contributed by atoms with Crippen LogP contribution in [0.2, 0.25) is 0 Å². The van der Waals surface area contributed by atoms with Gasteiger partial charge in [-0.1, -0.05) is 6.92 Å². The number of piperazine rings is 1. The highest BCUT2D eigenvalue weighted by Gasteiger charge is 2.30. The largest absolute Gasteiger partial charge is 0.343 e. The molecule has 0 aromatic rings. The fourth-order valence-corrected chi connectivity index (χ4v) is 2.88. The number of likely N-dealkylation sites (tertiary alicyclic amines) is 1. The molecule has 2 rings (SSSR count). The molecule has 2 aliphatic rings. The van der Waals surface area contributed by atoms with Crippen molar-refractivity contribution in [2.75, 3.05) is 46.3 Å². The zero-order valence-electron chi connectivity index (χ0n) is 12.1. The van der Waals surface area contributed by atoms with E-state index in [1.807, 2.05) is 16.7 Å². The van der Waals surface area contributed by atoms with Crippen molar-refractivity contribution >= 4 is 11.8 Å². The SMILES string of the molecule is CCC(=O)N1CCC(C(=O)N2CCN(C)CC2)CC1. The zero-order valence-corrected chi connectivity index (χ0v) is 12.1. The number of piperidine rings is 1. The standard InChI is InChI=1S/C14H25N3O2/c1-3-13(18)16-6-4-12(5-7-16)14(19)17-10-8-15(2)9-11-17/h12H,3-11H2,1-2H3. The van der Waals surface area contributed by atoms with Crippen LogP contribution < -0.4 is 0 Å². The summed E-state index contributed by atoms with van der Waals surface area (Å²) in [5.74, 6) is 0.645. The highest BCUT2D eigenvalue weighted by Crippen LogP contribution is 2.20. The number of rotatable bonds is 2. The first-order chi connectivity index (χ1) is 9.11. The van der Waals surface area contributed by atoms with Crippen LogP contribution in [0, 0.1) is 5.92 Å². The fourth-order valence-electron chi connectivity index (χ4n) is 2.88. The number of likely N-dealkylation sites (N-methyl/N-ethyl adjacent to an activating group) is 1. The molecule has 0 unspecified atom stereocenters. The van der Waals surface area contributed by atoms with Crippen molar-refractivity contribution in [1.29, 1.82) is 0 Å². The summed E-state index contributed by atoms with van der Waals surface area (Å²) in [6.07, 6.45) is 2.23. The van der Waals surface area contributed by atoms with Gasteiger partial charge in [-0.3, -0.25) is 9.59 Å². The van der Waals surface area contributed by atoms with E-state index in [9.17, 15) is 9.59 Å². The quantitative estimate of drug-likeness (QED) is 0.728. The normalized spacial score (nSPS) is 22.6. The lowest BCUT2D eigenvalue weighted by molar-refractivity contribution is -0.141. The van der Waals surface area contributed by atoms with Gasteiger partial charge in [-0.05, 0) is 19.9 Å². The molecule has 2 amide bonds. The van der Waals surface area contributed by atoms with Gasteiger partial charge in [-0.25, -0.2) is 0 Å². The highest BCUT2D eigenvalue weighted by molar-refractivity contribution is 5.80. The van der Waals surface area contributed by atoms with E-state index in [0.717, 1.165) is 52.1 Å². The molecule has 2 heterocycles. The Hall–Kier alpha value is -1.10. The van der Waals surface area contributed by atoms with Crippen LogP contribution in [0.4, 0.5) is 0 Å². The molecule has 2 fully saturated rings. The third-order valence-corrected chi connectivity index (χ3v) is 4.31. The summed E-state index contributed by atoms with van der Waals surface area (Å²) >= 11 is 0. The van der Waals surface area contributed by atoms with Crippen molar-refractivity contribution in [2.24, 2.45) is 5.92 Å². The van der Waals surface area contributed by atoms with Gasteiger partial charge < -0.3 is 14.7 Å². The summed E-state index contributed by atoms with van der Waals surface area (Å²) in [6, 6.07) is 0. The van der Waals surface area contributed by atoms with Crippen LogP contribution in [0.15, 0.2) is 0 Å². The molecular formula is C14H25N3O2. The molecule has 0 aliphatic carbocycles. The van der Waals surface area contributed by atoms with E-state index in [1.54, 1.807) is 0 Å². The maximum atomic E-state index is 12.4. The minimum atomic E-state index is 0.129. The van der Waals surface area contributed by atoms with Crippen molar-refractivity contribution in [1.82, 2.24) is 14.7 Å². The Balaban J connectivity index is 1.81. The van der Waals surface area contributed by atoms with Crippen molar-refractivity contribution in [3.8, 4) is 0 Å². The number of hydrogen-bond acceptors (Lipinski definition) is 3. The summed E-state index contributed by atoms with van der Waals surface area (Å²) in [6.45, 7) is 7.03. The Bertz CT molecular complexity index is 330. The smallest absolute Gasteiger partial charge is 0.225 e. The molecule has 2 saturated heterocycles. The number of amides is 2. The Kier molecular flexibility index (Phi) is 4.80. The monoisotopic (exact) mass is 267 g/mol. The topological polar surface area (TPSA) is 43.9 Å². The van der Waals surface area contributed by atoms with Gasteiger partial charge in [0.2, 0.25) is 11.8 Å². The maximum absolute atomic E-state index is 12.4. The summed E-state index contributed by atoms with van der Waals surface area (Å²) in [4.78, 5) is 30.2. The lowest BCUT2D eigenvalue weighted by atomic mass is 9.95. The highest BCUT2D eigenvalue weighted by atomic mass is 16.2. The molecule has 19 heavy (non-hydrogen) atoms. The molecule has 0 saturated carbocycles. The van der Waals surface area contributed by atoms with Gasteiger partial charge in [-0.15, -0.1) is 0 Å². The van der Waals surface area contributed by atoms with Gasteiger partial charge in [0.25, 0.3) is 0 Å². The summed E-state index contributed by atoms with van der Waals surface area (Å²) in [5.41, 5.74) is 0. The second-order valence-electron chi connectivity index (χ2n) is 5.64. The summed E-state index contributed by atoms with van der Waals surface area (Å²) in [7, 11) is 2.09. The van der Waals surface area contributed by atoms with Crippen molar-refractivity contribution < 1.29 is 9.59 Å². The van der Waals surface area contributed by atoms with Crippen LogP contribution in [0.1, 0.15) is 26.2 Å². The molecule has 0 bridgehead atoms. The Labute approximate surface area is 115 Å². The predicted octanol–water partition coefficient (Wildman–Crippen LogP) is 0.409. The summed E-state index contributed by atoms with van der Waals surface area (Å²) in [5, 5.41) is 0. The lowest BCUT2D eigenvalue weighted by Gasteiger charge is -2.37. The second kappa shape index (κ2) is 6.37. The van der Waals surface area contributed by atoms with Crippen LogP contribution in [0.25, 0.3) is 0 Å². The Morgan fingerprint density at radius 3 is 2.05 bits per heavy atom. The van der Waals surface area contributed by atoms with Crippen molar-refractivity contribution in [2.45, 2.75) is 26.2 Å². The fraction of sp³-hybridized carbons (Fsp3) is 0.857. The molecule has 0 aromatic heterocycles. The maximum Gasteiger partial charge on any atom is 0.225 e. The molecule has 5 nitrogen and oxygen atoms in total. The van der Waals surface area contributed by atoms with Crippen LogP contribution in [0.5, 0.6) is 0 Å². The van der Waals surface area contributed by atoms with E-state index < -0.39 is 0 Å². The van der Waals surface area contributed by atoms with Gasteiger partial charge in [0.05, 0.1) is 0 Å². The van der Waals surface area contributed by atoms with Gasteiger partial charge in [0, 0.05) is 51.6 Å². The van der Waals surface area contributed by atoms with Crippen LogP contribution in [-0.4, -0.2) is 72.8 Å². The zero-order chi connectivity index (χ0) is 13.8. The Morgan fingerprint density at radius 2 is 1.53 bits per heavy atom. The number of carbonyl (C=O) groups is 2. The lowest BCUT2D eigenvalue weighted by Crippen LogP contribution is -2.50. The van der Waals surface area contributed by atoms with E-state index in [1.165, 1.54) is 0 Å². The summed E-state index contributed by atoms with van der Waals surface area (Å²) < 4.78 is 0. The molecule has 0 spiro atoms. The minimum Gasteiger partial charge on any atom is -0.343 e. The molecule has 108 valence electrons. The number of hydrogen-bond donors (Lipinski definition) is 0. The van der Waals surface area contributed by atoms with Crippen molar-refractivity contribution in [3.05, 3.63) is 0 Å². The van der Waals surface area contributed by atoms with Gasteiger partial charge in [0.1, 0.15) is 0 Å². The molecule has 2 aliphatic heterocycles. The molecule has 0 radical (unpaired) electrons. The van der Waals surface area contributed by atoms with Gasteiger partial charge >= 0.3 is 0 Å². The molecule has 0 aromatic carbocycles. The van der Waals surface area contributed by atoms with Crippen LogP contribution in [-0.2, 0) is 9.59 Å². The van der Waals surface area contributed by atoms with E-state index in [4.69, 9.17) is 0 Å². The average molecular weight is 267 g/mol. The first kappa shape index (κ1) is 14.3. The van der Waals surface area contributed by atoms with Crippen molar-refractivity contribution in [3.63, 3.8) is 0 Å². The van der Waals surface area contributed by atoms with Gasteiger partial charge in [0.15, 0.2) is 0 Å². The van der Waals surface area contributed by atoms with Crippen LogP contribution >= 0.6 is 0 Å². The van der Waals surface area contributed by atoms with E-state index in [2.05, 4.69) is 11.9 Å². The second-order valence-corrected chi connectivity index (χ2v) is 5.64. The molecule has 5 heteroatoms. The van der Waals surface area contributed by atoms with E-state index >= 15 is 0 Å². The third kappa shape index (κ3) is 3.47.